The number of ketones is 1. The number of hydrogen-bond acceptors (Lipinski definition) is 3. The van der Waals surface area contributed by atoms with E-state index in [-0.39, 0.29) is 23.7 Å². The van der Waals surface area contributed by atoms with Crippen molar-refractivity contribution >= 4 is 11.7 Å². The predicted octanol–water partition coefficient (Wildman–Crippen LogP) is 0.763. The lowest BCUT2D eigenvalue weighted by Crippen LogP contribution is -2.35. The SMILES string of the molecule is CCCC(CC)C(=O)[C@H](N)CCCN=C(N)N. The summed E-state index contributed by atoms with van der Waals surface area (Å²) < 4.78 is 0. The fourth-order valence-electron chi connectivity index (χ4n) is 1.86. The molecule has 100 valence electrons. The number of aliphatic imine (C=N–C) groups is 1. The van der Waals surface area contributed by atoms with Crippen molar-refractivity contribution in [2.24, 2.45) is 28.1 Å². The van der Waals surface area contributed by atoms with Gasteiger partial charge in [0.2, 0.25) is 0 Å². The minimum absolute atomic E-state index is 0.0855. The third-order valence-electron chi connectivity index (χ3n) is 2.87. The van der Waals surface area contributed by atoms with Crippen LogP contribution in [0, 0.1) is 5.92 Å². The van der Waals surface area contributed by atoms with Crippen molar-refractivity contribution in [2.45, 2.75) is 52.0 Å². The Labute approximate surface area is 104 Å². The average molecular weight is 242 g/mol. The summed E-state index contributed by atoms with van der Waals surface area (Å²) in [5.41, 5.74) is 16.3. The van der Waals surface area contributed by atoms with Crippen LogP contribution in [0.15, 0.2) is 4.99 Å². The molecule has 0 saturated carbocycles. The quantitative estimate of drug-likeness (QED) is 0.315. The predicted molar refractivity (Wildman–Crippen MR) is 71.6 cm³/mol. The third-order valence-corrected chi connectivity index (χ3v) is 2.87. The average Bonchev–Trinajstić information content (AvgIpc) is 2.30. The molecule has 0 rings (SSSR count). The van der Waals surface area contributed by atoms with Gasteiger partial charge in [-0.05, 0) is 25.7 Å². The van der Waals surface area contributed by atoms with Crippen LogP contribution in [0.2, 0.25) is 0 Å². The first-order valence-corrected chi connectivity index (χ1v) is 6.37. The van der Waals surface area contributed by atoms with E-state index >= 15 is 0 Å². The van der Waals surface area contributed by atoms with Crippen molar-refractivity contribution < 1.29 is 4.79 Å². The van der Waals surface area contributed by atoms with Gasteiger partial charge in [0.1, 0.15) is 0 Å². The molecule has 0 fully saturated rings. The first kappa shape index (κ1) is 15.9. The second kappa shape index (κ2) is 8.98. The molecule has 0 heterocycles. The Balaban J connectivity index is 3.99. The van der Waals surface area contributed by atoms with Crippen LogP contribution in [0.25, 0.3) is 0 Å². The van der Waals surface area contributed by atoms with Crippen molar-refractivity contribution in [3.8, 4) is 0 Å². The summed E-state index contributed by atoms with van der Waals surface area (Å²) in [5, 5.41) is 0. The topological polar surface area (TPSA) is 107 Å². The van der Waals surface area contributed by atoms with Crippen LogP contribution >= 0.6 is 0 Å². The summed E-state index contributed by atoms with van der Waals surface area (Å²) in [4.78, 5) is 15.8. The Morgan fingerprint density at radius 3 is 2.35 bits per heavy atom. The molecule has 5 heteroatoms. The van der Waals surface area contributed by atoms with Crippen molar-refractivity contribution in [3.63, 3.8) is 0 Å². The second-order valence-corrected chi connectivity index (χ2v) is 4.35. The Bertz CT molecular complexity index is 249. The molecule has 5 nitrogen and oxygen atoms in total. The summed E-state index contributed by atoms with van der Waals surface area (Å²) in [7, 11) is 0. The van der Waals surface area contributed by atoms with Crippen molar-refractivity contribution in [2.75, 3.05) is 6.54 Å². The summed E-state index contributed by atoms with van der Waals surface area (Å²) in [5.74, 6) is 0.374. The molecule has 1 unspecified atom stereocenters. The number of nitrogens with two attached hydrogens (primary N) is 3. The Morgan fingerprint density at radius 2 is 1.88 bits per heavy atom. The van der Waals surface area contributed by atoms with Crippen LogP contribution in [0.1, 0.15) is 46.0 Å². The number of hydrogen-bond donors (Lipinski definition) is 3. The smallest absolute Gasteiger partial charge is 0.185 e. The van der Waals surface area contributed by atoms with Crippen LogP contribution in [0.4, 0.5) is 0 Å². The monoisotopic (exact) mass is 242 g/mol. The van der Waals surface area contributed by atoms with E-state index in [9.17, 15) is 4.79 Å². The van der Waals surface area contributed by atoms with Gasteiger partial charge in [0.25, 0.3) is 0 Å². The molecular formula is C12H26N4O. The molecular weight excluding hydrogens is 216 g/mol. The molecule has 0 spiro atoms. The van der Waals surface area contributed by atoms with Gasteiger partial charge in [0, 0.05) is 12.5 Å². The highest BCUT2D eigenvalue weighted by Crippen LogP contribution is 2.15. The summed E-state index contributed by atoms with van der Waals surface area (Å²) in [6, 6.07) is -0.374. The number of Topliss-reactive ketones (excluding diaryl/α,β-unsaturated/α-hetero) is 1. The fraction of sp³-hybridized carbons (Fsp3) is 0.833. The largest absolute Gasteiger partial charge is 0.370 e. The fourth-order valence-corrected chi connectivity index (χ4v) is 1.86. The molecule has 2 atom stereocenters. The highest BCUT2D eigenvalue weighted by atomic mass is 16.1. The van der Waals surface area contributed by atoms with Crippen molar-refractivity contribution in [1.82, 2.24) is 0 Å². The molecule has 17 heavy (non-hydrogen) atoms. The maximum absolute atomic E-state index is 12.0. The van der Waals surface area contributed by atoms with Crippen molar-refractivity contribution in [3.05, 3.63) is 0 Å². The van der Waals surface area contributed by atoms with E-state index in [2.05, 4.69) is 11.9 Å². The van der Waals surface area contributed by atoms with Gasteiger partial charge >= 0.3 is 0 Å². The number of rotatable bonds is 9. The molecule has 0 aromatic carbocycles. The van der Waals surface area contributed by atoms with Crippen LogP contribution in [-0.4, -0.2) is 24.3 Å². The van der Waals surface area contributed by atoms with Gasteiger partial charge in [-0.2, -0.15) is 0 Å². The van der Waals surface area contributed by atoms with E-state index in [1.165, 1.54) is 0 Å². The van der Waals surface area contributed by atoms with E-state index < -0.39 is 0 Å². The Hall–Kier alpha value is -1.10. The molecule has 0 aromatic rings. The van der Waals surface area contributed by atoms with Gasteiger partial charge in [-0.25, -0.2) is 0 Å². The van der Waals surface area contributed by atoms with E-state index in [0.29, 0.717) is 13.0 Å². The minimum atomic E-state index is -0.374. The maximum atomic E-state index is 12.0. The molecule has 0 saturated heterocycles. The summed E-state index contributed by atoms with van der Waals surface area (Å²) >= 11 is 0. The third kappa shape index (κ3) is 6.94. The van der Waals surface area contributed by atoms with E-state index in [1.54, 1.807) is 0 Å². The van der Waals surface area contributed by atoms with Crippen LogP contribution < -0.4 is 17.2 Å². The Morgan fingerprint density at radius 1 is 1.24 bits per heavy atom. The molecule has 0 bridgehead atoms. The Kier molecular flexibility index (Phi) is 8.40. The molecule has 0 amide bonds. The van der Waals surface area contributed by atoms with Gasteiger partial charge in [-0.1, -0.05) is 20.3 Å². The zero-order chi connectivity index (χ0) is 13.3. The first-order valence-electron chi connectivity index (χ1n) is 6.37. The second-order valence-electron chi connectivity index (χ2n) is 4.35. The minimum Gasteiger partial charge on any atom is -0.370 e. The lowest BCUT2D eigenvalue weighted by atomic mass is 9.90. The molecule has 0 aliphatic rings. The number of guanidine groups is 1. The number of carbonyl (C=O) groups excluding carboxylic acids is 1. The lowest BCUT2D eigenvalue weighted by Gasteiger charge is -2.17. The van der Waals surface area contributed by atoms with Crippen LogP contribution in [-0.2, 0) is 4.79 Å². The normalized spacial score (nSPS) is 14.1. The van der Waals surface area contributed by atoms with Gasteiger partial charge in [-0.3, -0.25) is 9.79 Å². The lowest BCUT2D eigenvalue weighted by molar-refractivity contribution is -0.124. The van der Waals surface area contributed by atoms with Crippen LogP contribution in [0.5, 0.6) is 0 Å². The summed E-state index contributed by atoms with van der Waals surface area (Å²) in [6.45, 7) is 4.65. The molecule has 0 aliphatic heterocycles. The van der Waals surface area contributed by atoms with E-state index in [1.807, 2.05) is 6.92 Å². The number of nitrogens with zero attached hydrogens (tertiary/aromatic N) is 1. The van der Waals surface area contributed by atoms with Crippen molar-refractivity contribution in [1.29, 1.82) is 0 Å². The first-order chi connectivity index (χ1) is 8.02. The van der Waals surface area contributed by atoms with Gasteiger partial charge in [0.05, 0.1) is 6.04 Å². The zero-order valence-corrected chi connectivity index (χ0v) is 11.0. The standard InChI is InChI=1S/C12H26N4O/c1-3-6-9(4-2)11(17)10(13)7-5-8-16-12(14)15/h9-10H,3-8,13H2,1-2H3,(H4,14,15,16)/t9?,10-/m1/s1. The van der Waals surface area contributed by atoms with Gasteiger partial charge < -0.3 is 17.2 Å². The maximum Gasteiger partial charge on any atom is 0.185 e. The van der Waals surface area contributed by atoms with E-state index in [0.717, 1.165) is 25.7 Å². The highest BCUT2D eigenvalue weighted by molar-refractivity contribution is 5.86. The molecule has 0 aromatic heterocycles. The zero-order valence-electron chi connectivity index (χ0n) is 11.0. The van der Waals surface area contributed by atoms with Gasteiger partial charge in [0.15, 0.2) is 11.7 Å². The van der Waals surface area contributed by atoms with Crippen LogP contribution in [0.3, 0.4) is 0 Å². The summed E-state index contributed by atoms with van der Waals surface area (Å²) in [6.07, 6.45) is 4.21. The molecule has 6 N–H and O–H groups in total. The van der Waals surface area contributed by atoms with Gasteiger partial charge in [-0.15, -0.1) is 0 Å². The number of carbonyl (C=O) groups is 1. The van der Waals surface area contributed by atoms with E-state index in [4.69, 9.17) is 17.2 Å². The highest BCUT2D eigenvalue weighted by Gasteiger charge is 2.21. The molecule has 0 aliphatic carbocycles. The molecule has 0 radical (unpaired) electrons.